The molecule has 0 unspecified atom stereocenters. The normalized spacial score (nSPS) is 15.0. The fourth-order valence-electron chi connectivity index (χ4n) is 3.10. The van der Waals surface area contributed by atoms with Gasteiger partial charge in [0.2, 0.25) is 0 Å². The molecular weight excluding hydrogens is 232 g/mol. The van der Waals surface area contributed by atoms with E-state index >= 15 is 0 Å². The molecule has 0 saturated heterocycles. The van der Waals surface area contributed by atoms with Crippen molar-refractivity contribution in [3.8, 4) is 5.69 Å². The summed E-state index contributed by atoms with van der Waals surface area (Å²) in [5, 5.41) is 1.32. The van der Waals surface area contributed by atoms with Crippen LogP contribution in [0.5, 0.6) is 0 Å². The summed E-state index contributed by atoms with van der Waals surface area (Å²) in [5.74, 6) is 0. The van der Waals surface area contributed by atoms with Crippen LogP contribution in [0, 0.1) is 0 Å². The van der Waals surface area contributed by atoms with Gasteiger partial charge in [0, 0.05) is 24.2 Å². The van der Waals surface area contributed by atoms with E-state index in [1.807, 2.05) is 0 Å². The second-order valence-corrected chi connectivity index (χ2v) is 5.33. The number of benzene rings is 2. The molecule has 0 fully saturated rings. The molecule has 1 aliphatic heterocycles. The van der Waals surface area contributed by atoms with Crippen molar-refractivity contribution in [2.75, 3.05) is 7.05 Å². The van der Waals surface area contributed by atoms with Crippen LogP contribution in [0.2, 0.25) is 0 Å². The van der Waals surface area contributed by atoms with Crippen LogP contribution in [-0.2, 0) is 13.1 Å². The molecule has 0 radical (unpaired) electrons. The standard InChI is InChI=1S/C17H16N2/c1-18-11-14-7-3-5-9-17(14)19-15(12-18)10-13-6-2-4-8-16(13)19/h2-10H,11-12H2,1H3. The van der Waals surface area contributed by atoms with Crippen molar-refractivity contribution in [2.24, 2.45) is 0 Å². The van der Waals surface area contributed by atoms with E-state index in [-0.39, 0.29) is 0 Å². The quantitative estimate of drug-likeness (QED) is 0.590. The lowest BCUT2D eigenvalue weighted by molar-refractivity contribution is 0.320. The van der Waals surface area contributed by atoms with Crippen LogP contribution in [0.15, 0.2) is 54.6 Å². The number of aromatic nitrogens is 1. The monoisotopic (exact) mass is 248 g/mol. The zero-order valence-corrected chi connectivity index (χ0v) is 11.0. The maximum absolute atomic E-state index is 2.41. The Kier molecular flexibility index (Phi) is 2.26. The summed E-state index contributed by atoms with van der Waals surface area (Å²) in [4.78, 5) is 2.37. The SMILES string of the molecule is CN1Cc2ccccc2-n2c(cc3ccccc32)C1. The molecule has 0 saturated carbocycles. The van der Waals surface area contributed by atoms with Gasteiger partial charge in [-0.1, -0.05) is 36.4 Å². The Morgan fingerprint density at radius 3 is 2.63 bits per heavy atom. The molecule has 0 N–H and O–H groups in total. The highest BCUT2D eigenvalue weighted by molar-refractivity contribution is 5.83. The molecule has 94 valence electrons. The van der Waals surface area contributed by atoms with E-state index in [2.05, 4.69) is 71.1 Å². The van der Waals surface area contributed by atoms with Crippen molar-refractivity contribution in [3.05, 3.63) is 65.9 Å². The van der Waals surface area contributed by atoms with Crippen LogP contribution in [0.3, 0.4) is 0 Å². The van der Waals surface area contributed by atoms with Gasteiger partial charge in [-0.25, -0.2) is 0 Å². The highest BCUT2D eigenvalue weighted by atomic mass is 15.1. The number of para-hydroxylation sites is 2. The molecule has 2 heterocycles. The summed E-state index contributed by atoms with van der Waals surface area (Å²) in [6.45, 7) is 2.00. The van der Waals surface area contributed by atoms with Gasteiger partial charge in [0.15, 0.2) is 0 Å². The van der Waals surface area contributed by atoms with Gasteiger partial charge >= 0.3 is 0 Å². The number of hydrogen-bond donors (Lipinski definition) is 0. The summed E-state index contributed by atoms with van der Waals surface area (Å²) in [6, 6.07) is 19.7. The van der Waals surface area contributed by atoms with Gasteiger partial charge in [-0.3, -0.25) is 4.90 Å². The van der Waals surface area contributed by atoms with Crippen molar-refractivity contribution in [2.45, 2.75) is 13.1 Å². The molecule has 0 amide bonds. The van der Waals surface area contributed by atoms with E-state index in [9.17, 15) is 0 Å². The van der Waals surface area contributed by atoms with E-state index in [0.717, 1.165) is 13.1 Å². The lowest BCUT2D eigenvalue weighted by atomic mass is 10.1. The third-order valence-electron chi connectivity index (χ3n) is 3.89. The van der Waals surface area contributed by atoms with Crippen LogP contribution in [0.4, 0.5) is 0 Å². The molecular formula is C17H16N2. The van der Waals surface area contributed by atoms with E-state index in [4.69, 9.17) is 0 Å². The van der Waals surface area contributed by atoms with Crippen molar-refractivity contribution in [3.63, 3.8) is 0 Å². The maximum Gasteiger partial charge on any atom is 0.0532 e. The Hall–Kier alpha value is -2.06. The van der Waals surface area contributed by atoms with Crippen molar-refractivity contribution >= 4 is 10.9 Å². The summed E-state index contributed by atoms with van der Waals surface area (Å²) < 4.78 is 2.41. The van der Waals surface area contributed by atoms with Crippen LogP contribution in [-0.4, -0.2) is 16.5 Å². The molecule has 3 aromatic rings. The first-order valence-electron chi connectivity index (χ1n) is 6.69. The number of fused-ring (bicyclic) bond motifs is 5. The van der Waals surface area contributed by atoms with Gasteiger partial charge in [-0.05, 0) is 30.8 Å². The zero-order chi connectivity index (χ0) is 12.8. The van der Waals surface area contributed by atoms with E-state index < -0.39 is 0 Å². The Morgan fingerprint density at radius 1 is 0.895 bits per heavy atom. The third-order valence-corrected chi connectivity index (χ3v) is 3.89. The van der Waals surface area contributed by atoms with Gasteiger partial charge < -0.3 is 4.57 Å². The summed E-state index contributed by atoms with van der Waals surface area (Å²) >= 11 is 0. The molecule has 0 bridgehead atoms. The van der Waals surface area contributed by atoms with Crippen LogP contribution >= 0.6 is 0 Å². The molecule has 0 atom stereocenters. The minimum Gasteiger partial charge on any atom is -0.312 e. The molecule has 2 heteroatoms. The number of rotatable bonds is 0. The molecule has 4 rings (SSSR count). The van der Waals surface area contributed by atoms with E-state index in [0.29, 0.717) is 0 Å². The molecule has 0 spiro atoms. The molecule has 19 heavy (non-hydrogen) atoms. The minimum atomic E-state index is 0.989. The average molecular weight is 248 g/mol. The van der Waals surface area contributed by atoms with Gasteiger partial charge in [-0.15, -0.1) is 0 Å². The lowest BCUT2D eigenvalue weighted by Gasteiger charge is -2.12. The van der Waals surface area contributed by atoms with Crippen molar-refractivity contribution in [1.29, 1.82) is 0 Å². The second-order valence-electron chi connectivity index (χ2n) is 5.33. The molecule has 2 aromatic carbocycles. The largest absolute Gasteiger partial charge is 0.312 e. The first-order chi connectivity index (χ1) is 9.33. The zero-order valence-electron chi connectivity index (χ0n) is 11.0. The number of hydrogen-bond acceptors (Lipinski definition) is 1. The van der Waals surface area contributed by atoms with Gasteiger partial charge in [0.25, 0.3) is 0 Å². The molecule has 0 aliphatic carbocycles. The minimum absolute atomic E-state index is 0.989. The summed E-state index contributed by atoms with van der Waals surface area (Å²) in [6.07, 6.45) is 0. The number of nitrogens with zero attached hydrogens (tertiary/aromatic N) is 2. The van der Waals surface area contributed by atoms with Crippen LogP contribution in [0.1, 0.15) is 11.3 Å². The smallest absolute Gasteiger partial charge is 0.0532 e. The highest BCUT2D eigenvalue weighted by Gasteiger charge is 2.18. The molecule has 1 aromatic heterocycles. The predicted molar refractivity (Wildman–Crippen MR) is 78.4 cm³/mol. The van der Waals surface area contributed by atoms with Crippen molar-refractivity contribution < 1.29 is 0 Å². The summed E-state index contributed by atoms with van der Waals surface area (Å²) in [7, 11) is 2.18. The fraction of sp³-hybridized carbons (Fsp3) is 0.176. The van der Waals surface area contributed by atoms with Crippen molar-refractivity contribution in [1.82, 2.24) is 9.47 Å². The second kappa shape index (κ2) is 3.97. The Balaban J connectivity index is 2.11. The summed E-state index contributed by atoms with van der Waals surface area (Å²) in [5.41, 5.74) is 5.39. The Morgan fingerprint density at radius 2 is 1.68 bits per heavy atom. The van der Waals surface area contributed by atoms with Gasteiger partial charge in [0.1, 0.15) is 0 Å². The van der Waals surface area contributed by atoms with Gasteiger partial charge in [-0.2, -0.15) is 0 Å². The van der Waals surface area contributed by atoms with Crippen LogP contribution in [0.25, 0.3) is 16.6 Å². The first-order valence-corrected chi connectivity index (χ1v) is 6.69. The first kappa shape index (κ1) is 10.8. The van der Waals surface area contributed by atoms with Crippen LogP contribution < -0.4 is 0 Å². The topological polar surface area (TPSA) is 8.17 Å². The maximum atomic E-state index is 2.41. The Labute approximate surface area is 112 Å². The Bertz CT molecular complexity index is 755. The van der Waals surface area contributed by atoms with E-state index in [1.54, 1.807) is 0 Å². The molecule has 2 nitrogen and oxygen atoms in total. The van der Waals surface area contributed by atoms with E-state index in [1.165, 1.54) is 27.8 Å². The predicted octanol–water partition coefficient (Wildman–Crippen LogP) is 3.58. The average Bonchev–Trinajstić information content (AvgIpc) is 2.70. The third kappa shape index (κ3) is 1.60. The fourth-order valence-corrected chi connectivity index (χ4v) is 3.10. The highest BCUT2D eigenvalue weighted by Crippen LogP contribution is 2.30. The van der Waals surface area contributed by atoms with Gasteiger partial charge in [0.05, 0.1) is 11.2 Å². The lowest BCUT2D eigenvalue weighted by Crippen LogP contribution is -2.15. The molecule has 1 aliphatic rings.